The van der Waals surface area contributed by atoms with Gasteiger partial charge in [-0.3, -0.25) is 9.59 Å². The second kappa shape index (κ2) is 10.3. The molecule has 2 aromatic carbocycles. The minimum atomic E-state index is -0.846. The number of benzene rings is 2. The third kappa shape index (κ3) is 6.01. The molecule has 6 nitrogen and oxygen atoms in total. The Labute approximate surface area is 164 Å². The summed E-state index contributed by atoms with van der Waals surface area (Å²) in [6.45, 7) is 4.78. The fourth-order valence-corrected chi connectivity index (χ4v) is 2.95. The molecule has 0 heterocycles. The van der Waals surface area contributed by atoms with Crippen molar-refractivity contribution < 1.29 is 29.3 Å². The third-order valence-corrected chi connectivity index (χ3v) is 4.23. The lowest BCUT2D eigenvalue weighted by Gasteiger charge is -2.17. The molecule has 0 unspecified atom stereocenters. The lowest BCUT2D eigenvalue weighted by molar-refractivity contribution is -0.138. The first kappa shape index (κ1) is 21.3. The van der Waals surface area contributed by atoms with Gasteiger partial charge in [0.15, 0.2) is 0 Å². The lowest BCUT2D eigenvalue weighted by atomic mass is 9.96. The van der Waals surface area contributed by atoms with Crippen molar-refractivity contribution >= 4 is 11.9 Å². The zero-order valence-corrected chi connectivity index (χ0v) is 16.2. The minimum Gasteiger partial charge on any atom is -0.493 e. The van der Waals surface area contributed by atoms with Crippen LogP contribution in [0.3, 0.4) is 0 Å². The number of carboxylic acid groups (broad SMARTS) is 2. The van der Waals surface area contributed by atoms with Gasteiger partial charge in [-0.1, -0.05) is 12.1 Å². The second-order valence-electron chi connectivity index (χ2n) is 6.31. The lowest BCUT2D eigenvalue weighted by Crippen LogP contribution is -2.02. The van der Waals surface area contributed by atoms with Gasteiger partial charge in [0.05, 0.1) is 13.2 Å². The number of aryl methyl sites for hydroxylation is 2. The summed E-state index contributed by atoms with van der Waals surface area (Å²) in [4.78, 5) is 21.8. The Hall–Kier alpha value is -3.02. The molecule has 0 atom stereocenters. The molecule has 0 saturated heterocycles. The van der Waals surface area contributed by atoms with E-state index in [1.54, 1.807) is 0 Å². The summed E-state index contributed by atoms with van der Waals surface area (Å²) in [6.07, 6.45) is 0.920. The van der Waals surface area contributed by atoms with Crippen LogP contribution < -0.4 is 9.47 Å². The molecule has 2 aromatic rings. The second-order valence-corrected chi connectivity index (χ2v) is 6.31. The van der Waals surface area contributed by atoms with Crippen molar-refractivity contribution in [3.63, 3.8) is 0 Å². The van der Waals surface area contributed by atoms with Gasteiger partial charge in [0.25, 0.3) is 0 Å². The summed E-state index contributed by atoms with van der Waals surface area (Å²) in [5.41, 5.74) is 3.40. The zero-order chi connectivity index (χ0) is 20.5. The average molecular weight is 386 g/mol. The predicted molar refractivity (Wildman–Crippen MR) is 106 cm³/mol. The molecule has 0 aromatic heterocycles. The van der Waals surface area contributed by atoms with Crippen LogP contribution in [0.2, 0.25) is 0 Å². The minimum absolute atomic E-state index is 0.0460. The molecule has 28 heavy (non-hydrogen) atoms. The Morgan fingerprint density at radius 2 is 1.14 bits per heavy atom. The number of carbonyl (C=O) groups is 2. The molecule has 0 aliphatic carbocycles. The first-order chi connectivity index (χ1) is 13.4. The largest absolute Gasteiger partial charge is 0.493 e. The number of ether oxygens (including phenoxy) is 2. The van der Waals surface area contributed by atoms with Crippen molar-refractivity contribution in [2.24, 2.45) is 0 Å². The van der Waals surface area contributed by atoms with Crippen LogP contribution in [-0.4, -0.2) is 35.4 Å². The van der Waals surface area contributed by atoms with E-state index in [9.17, 15) is 9.59 Å². The van der Waals surface area contributed by atoms with Gasteiger partial charge < -0.3 is 19.7 Å². The van der Waals surface area contributed by atoms with Gasteiger partial charge in [-0.25, -0.2) is 0 Å². The fourth-order valence-electron chi connectivity index (χ4n) is 2.95. The molecule has 150 valence electrons. The smallest absolute Gasteiger partial charge is 0.303 e. The van der Waals surface area contributed by atoms with E-state index in [1.807, 2.05) is 50.2 Å². The van der Waals surface area contributed by atoms with E-state index in [0.717, 1.165) is 22.3 Å². The van der Waals surface area contributed by atoms with Gasteiger partial charge in [0, 0.05) is 24.0 Å². The molecule has 0 bridgehead atoms. The highest BCUT2D eigenvalue weighted by Gasteiger charge is 2.15. The van der Waals surface area contributed by atoms with E-state index >= 15 is 0 Å². The van der Waals surface area contributed by atoms with Crippen LogP contribution in [0, 0.1) is 0 Å². The van der Waals surface area contributed by atoms with E-state index in [2.05, 4.69) is 0 Å². The molecule has 0 spiro atoms. The molecular formula is C22H26O6. The van der Waals surface area contributed by atoms with Crippen molar-refractivity contribution in [2.45, 2.75) is 39.5 Å². The SMILES string of the molecule is CCOc1ccc(CCC(=O)O)cc1-c1cc(CCC(=O)O)ccc1OCC. The monoisotopic (exact) mass is 386 g/mol. The Kier molecular flexibility index (Phi) is 7.87. The van der Waals surface area contributed by atoms with E-state index < -0.39 is 11.9 Å². The highest BCUT2D eigenvalue weighted by molar-refractivity contribution is 5.77. The van der Waals surface area contributed by atoms with Crippen molar-refractivity contribution in [3.8, 4) is 22.6 Å². The summed E-state index contributed by atoms with van der Waals surface area (Å²) in [7, 11) is 0. The van der Waals surface area contributed by atoms with E-state index in [4.69, 9.17) is 19.7 Å². The average Bonchev–Trinajstić information content (AvgIpc) is 2.66. The van der Waals surface area contributed by atoms with Crippen LogP contribution in [0.5, 0.6) is 11.5 Å². The number of hydrogen-bond acceptors (Lipinski definition) is 4. The highest BCUT2D eigenvalue weighted by Crippen LogP contribution is 2.38. The van der Waals surface area contributed by atoms with Crippen LogP contribution in [0.25, 0.3) is 11.1 Å². The molecule has 2 N–H and O–H groups in total. The van der Waals surface area contributed by atoms with Gasteiger partial charge in [-0.05, 0) is 62.1 Å². The number of carboxylic acids is 2. The first-order valence-corrected chi connectivity index (χ1v) is 9.40. The highest BCUT2D eigenvalue weighted by atomic mass is 16.5. The molecule has 6 heteroatoms. The maximum Gasteiger partial charge on any atom is 0.303 e. The Balaban J connectivity index is 2.50. The molecular weight excluding hydrogens is 360 g/mol. The van der Waals surface area contributed by atoms with Gasteiger partial charge in [-0.15, -0.1) is 0 Å². The summed E-state index contributed by atoms with van der Waals surface area (Å²) < 4.78 is 11.6. The maximum atomic E-state index is 10.9. The van der Waals surface area contributed by atoms with E-state index in [1.165, 1.54) is 0 Å². The molecule has 0 amide bonds. The van der Waals surface area contributed by atoms with Crippen LogP contribution in [0.4, 0.5) is 0 Å². The Morgan fingerprint density at radius 3 is 1.46 bits per heavy atom. The normalized spacial score (nSPS) is 10.5. The summed E-state index contributed by atoms with van der Waals surface area (Å²) >= 11 is 0. The third-order valence-electron chi connectivity index (χ3n) is 4.23. The number of rotatable bonds is 11. The van der Waals surface area contributed by atoms with Crippen molar-refractivity contribution in [3.05, 3.63) is 47.5 Å². The van der Waals surface area contributed by atoms with E-state index in [0.29, 0.717) is 37.6 Å². The van der Waals surface area contributed by atoms with Crippen molar-refractivity contribution in [1.29, 1.82) is 0 Å². The molecule has 0 fully saturated rings. The zero-order valence-electron chi connectivity index (χ0n) is 16.2. The number of hydrogen-bond donors (Lipinski definition) is 2. The van der Waals surface area contributed by atoms with Gasteiger partial charge in [0.2, 0.25) is 0 Å². The predicted octanol–water partition coefficient (Wildman–Crippen LogP) is 4.19. The standard InChI is InChI=1S/C22H26O6/c1-3-27-19-9-5-15(7-11-21(23)24)13-17(19)18-14-16(8-12-22(25)26)6-10-20(18)28-4-2/h5-6,9-10,13-14H,3-4,7-8,11-12H2,1-2H3,(H,23,24)(H,25,26). The molecule has 2 rings (SSSR count). The summed E-state index contributed by atoms with van der Waals surface area (Å²) in [5.74, 6) is -0.335. The first-order valence-electron chi connectivity index (χ1n) is 9.40. The molecule has 0 radical (unpaired) electrons. The maximum absolute atomic E-state index is 10.9. The van der Waals surface area contributed by atoms with Crippen LogP contribution in [0.1, 0.15) is 37.8 Å². The Bertz CT molecular complexity index is 758. The quantitative estimate of drug-likeness (QED) is 0.602. The van der Waals surface area contributed by atoms with Crippen LogP contribution in [0.15, 0.2) is 36.4 Å². The van der Waals surface area contributed by atoms with Gasteiger partial charge in [-0.2, -0.15) is 0 Å². The molecule has 0 aliphatic rings. The van der Waals surface area contributed by atoms with Gasteiger partial charge >= 0.3 is 11.9 Å². The summed E-state index contributed by atoms with van der Waals surface area (Å²) in [6, 6.07) is 11.3. The van der Waals surface area contributed by atoms with Gasteiger partial charge in [0.1, 0.15) is 11.5 Å². The van der Waals surface area contributed by atoms with E-state index in [-0.39, 0.29) is 12.8 Å². The number of aliphatic carboxylic acids is 2. The van der Waals surface area contributed by atoms with Crippen LogP contribution in [-0.2, 0) is 22.4 Å². The molecule has 0 aliphatic heterocycles. The van der Waals surface area contributed by atoms with Crippen LogP contribution >= 0.6 is 0 Å². The molecule has 0 saturated carbocycles. The Morgan fingerprint density at radius 1 is 0.750 bits per heavy atom. The fraction of sp³-hybridized carbons (Fsp3) is 0.364. The van der Waals surface area contributed by atoms with Crippen molar-refractivity contribution in [2.75, 3.05) is 13.2 Å². The van der Waals surface area contributed by atoms with Crippen molar-refractivity contribution in [1.82, 2.24) is 0 Å². The topological polar surface area (TPSA) is 93.1 Å². The summed E-state index contributed by atoms with van der Waals surface area (Å²) in [5, 5.41) is 17.9.